The second kappa shape index (κ2) is 11.8. The fourth-order valence-corrected chi connectivity index (χ4v) is 4.29. The quantitative estimate of drug-likeness (QED) is 0.115. The molecule has 1 heterocycles. The zero-order valence-electron chi connectivity index (χ0n) is 16.3. The van der Waals surface area contributed by atoms with Crippen LogP contribution in [-0.4, -0.2) is 6.21 Å². The topological polar surface area (TPSA) is 12.4 Å². The molecule has 0 saturated carbocycles. The molecule has 0 saturated heterocycles. The molecule has 1 nitrogen and oxygen atoms in total. The number of hydrogen-bond donors (Lipinski definition) is 0. The summed E-state index contributed by atoms with van der Waals surface area (Å²) in [5, 5.41) is 0. The molecule has 0 fully saturated rings. The second-order valence-corrected chi connectivity index (χ2v) is 11.5. The van der Waals surface area contributed by atoms with Gasteiger partial charge >= 0.3 is 37.9 Å². The van der Waals surface area contributed by atoms with Crippen molar-refractivity contribution in [3.8, 4) is 11.1 Å². The Balaban J connectivity index is 0.000000152. The molecule has 1 unspecified atom stereocenters. The van der Waals surface area contributed by atoms with E-state index in [9.17, 15) is 0 Å². The minimum absolute atomic E-state index is 0. The van der Waals surface area contributed by atoms with Gasteiger partial charge in [-0.2, -0.15) is 35.9 Å². The number of aliphatic imine (C=N–C) groups is 1. The van der Waals surface area contributed by atoms with Crippen molar-refractivity contribution in [1.82, 2.24) is 0 Å². The SMILES string of the molecule is Brc1ccc2c(c1)C=C1[C-]=CN=CC12.[Cl][Zr][Cl].[SH-].[c-]1cccc2c1Cc1ccccc1-2. The number of thiol groups is 1. The third-order valence-electron chi connectivity index (χ3n) is 5.19. The molecule has 3 aromatic rings. The molecule has 156 valence electrons. The van der Waals surface area contributed by atoms with Crippen LogP contribution in [0.15, 0.2) is 81.9 Å². The molecule has 6 heteroatoms. The van der Waals surface area contributed by atoms with Crippen LogP contribution >= 0.6 is 33.0 Å². The standard InChI is InChI=1S/C13H9.C12H7BrN.2ClH.H2S.Zr/c1-3-7-12-10(5-1)9-11-6-2-4-8-13(11)12;13-10-1-2-11-9(6-10)5-8-3-4-14-7-12(8)11;;;;/h1-5,7-8H,9H2;1-2,4-7,12H;2*1H;1H2;/q2*-1;;;;+2/p-3. The van der Waals surface area contributed by atoms with Crippen molar-refractivity contribution in [2.75, 3.05) is 0 Å². The molecule has 1 atom stereocenters. The van der Waals surface area contributed by atoms with Crippen LogP contribution in [0.2, 0.25) is 0 Å². The first-order chi connectivity index (χ1) is 14.7. The minimum Gasteiger partial charge on any atom is -0.813 e. The monoisotopic (exact) mass is 602 g/mol. The number of allylic oxidation sites excluding steroid dienone is 2. The van der Waals surface area contributed by atoms with E-state index in [4.69, 9.17) is 17.0 Å². The smallest absolute Gasteiger partial charge is 0.0253 e. The Morgan fingerprint density at radius 2 is 1.81 bits per heavy atom. The average Bonchev–Trinajstić information content (AvgIpc) is 3.32. The predicted molar refractivity (Wildman–Crippen MR) is 135 cm³/mol. The maximum absolute atomic E-state index is 4.93. The van der Waals surface area contributed by atoms with Gasteiger partial charge in [-0.1, -0.05) is 69.7 Å². The first-order valence-corrected chi connectivity index (χ1v) is 16.5. The molecule has 0 radical (unpaired) electrons. The Labute approximate surface area is 217 Å². The van der Waals surface area contributed by atoms with Crippen molar-refractivity contribution in [3.63, 3.8) is 0 Å². The summed E-state index contributed by atoms with van der Waals surface area (Å²) in [4.78, 5) is 4.13. The van der Waals surface area contributed by atoms with E-state index < -0.39 is 20.8 Å². The molecule has 6 rings (SSSR count). The molecule has 0 aromatic heterocycles. The number of rotatable bonds is 0. The van der Waals surface area contributed by atoms with Crippen LogP contribution in [0.5, 0.6) is 0 Å². The fraction of sp³-hybridized carbons (Fsp3) is 0.0800. The van der Waals surface area contributed by atoms with Gasteiger partial charge in [-0.25, -0.2) is 11.6 Å². The second-order valence-electron chi connectivity index (χ2n) is 6.89. The van der Waals surface area contributed by atoms with Gasteiger partial charge in [0.2, 0.25) is 0 Å². The number of benzene rings is 3. The molecule has 31 heavy (non-hydrogen) atoms. The summed E-state index contributed by atoms with van der Waals surface area (Å²) in [5.74, 6) is 0.322. The van der Waals surface area contributed by atoms with E-state index >= 15 is 0 Å². The first kappa shape index (κ1) is 24.7. The van der Waals surface area contributed by atoms with Crippen molar-refractivity contribution in [2.24, 2.45) is 4.99 Å². The third-order valence-corrected chi connectivity index (χ3v) is 5.68. The summed E-state index contributed by atoms with van der Waals surface area (Å²) in [6.45, 7) is 0. The largest absolute Gasteiger partial charge is 0.813 e. The van der Waals surface area contributed by atoms with Crippen molar-refractivity contribution >= 4 is 58.7 Å². The van der Waals surface area contributed by atoms with E-state index in [0.29, 0.717) is 5.92 Å². The molecular weight excluding hydrogens is 588 g/mol. The molecule has 0 bridgehead atoms. The zero-order valence-corrected chi connectivity index (χ0v) is 22.8. The van der Waals surface area contributed by atoms with Gasteiger partial charge < -0.3 is 13.5 Å². The van der Waals surface area contributed by atoms with Crippen molar-refractivity contribution in [2.45, 2.75) is 12.3 Å². The van der Waals surface area contributed by atoms with Gasteiger partial charge in [-0.3, -0.25) is 4.99 Å². The molecule has 3 aromatic carbocycles. The Hall–Kier alpha value is -0.897. The van der Waals surface area contributed by atoms with Crippen LogP contribution in [0.25, 0.3) is 17.2 Å². The maximum atomic E-state index is 4.93. The summed E-state index contributed by atoms with van der Waals surface area (Å²) >= 11 is 2.65. The Bertz CT molecular complexity index is 1120. The maximum Gasteiger partial charge on any atom is -0.0253 e. The molecule has 3 aliphatic rings. The fourth-order valence-electron chi connectivity index (χ4n) is 3.91. The summed E-state index contributed by atoms with van der Waals surface area (Å²) in [5.41, 5.74) is 9.32. The van der Waals surface area contributed by atoms with Gasteiger partial charge in [0.05, 0.1) is 0 Å². The number of nitrogens with zero attached hydrogens (tertiary/aromatic N) is 1. The Morgan fingerprint density at radius 1 is 1.03 bits per heavy atom. The van der Waals surface area contributed by atoms with E-state index in [2.05, 4.69) is 93.7 Å². The summed E-state index contributed by atoms with van der Waals surface area (Å²) in [6, 6.07) is 24.5. The Morgan fingerprint density at radius 3 is 2.65 bits per heavy atom. The van der Waals surface area contributed by atoms with Crippen molar-refractivity contribution in [1.29, 1.82) is 0 Å². The van der Waals surface area contributed by atoms with Gasteiger partial charge in [-0.15, -0.1) is 11.1 Å². The molecule has 0 amide bonds. The van der Waals surface area contributed by atoms with Crippen LogP contribution < -0.4 is 0 Å². The first-order valence-electron chi connectivity index (χ1n) is 9.38. The van der Waals surface area contributed by atoms with Gasteiger partial charge in [0.1, 0.15) is 0 Å². The molecule has 0 N–H and O–H groups in total. The van der Waals surface area contributed by atoms with Gasteiger partial charge in [-0.05, 0) is 18.1 Å². The van der Waals surface area contributed by atoms with Gasteiger partial charge in [0.25, 0.3) is 0 Å². The molecule has 2 aliphatic carbocycles. The number of halogens is 3. The molecular formula is C25H17BrCl2NSZr-3. The number of hydrogen-bond acceptors (Lipinski definition) is 2. The van der Waals surface area contributed by atoms with Crippen LogP contribution in [0, 0.1) is 12.1 Å². The predicted octanol–water partition coefficient (Wildman–Crippen LogP) is 7.50. The molecule has 0 spiro atoms. The number of fused-ring (bicyclic) bond motifs is 6. The van der Waals surface area contributed by atoms with E-state index in [-0.39, 0.29) is 13.5 Å². The normalized spacial score (nSPS) is 15.5. The van der Waals surface area contributed by atoms with Crippen LogP contribution in [0.3, 0.4) is 0 Å². The Kier molecular flexibility index (Phi) is 9.43. The zero-order chi connectivity index (χ0) is 20.9. The summed E-state index contributed by atoms with van der Waals surface area (Å²) in [7, 11) is 9.87. The summed E-state index contributed by atoms with van der Waals surface area (Å²) < 4.78 is 1.12. The van der Waals surface area contributed by atoms with E-state index in [1.54, 1.807) is 6.20 Å². The van der Waals surface area contributed by atoms with Gasteiger partial charge in [0.15, 0.2) is 0 Å². The van der Waals surface area contributed by atoms with E-state index in [0.717, 1.165) is 10.9 Å². The minimum atomic E-state index is -0.826. The van der Waals surface area contributed by atoms with Crippen molar-refractivity contribution < 1.29 is 20.8 Å². The van der Waals surface area contributed by atoms with Crippen LogP contribution in [-0.2, 0) is 40.8 Å². The van der Waals surface area contributed by atoms with Crippen molar-refractivity contribution in [3.05, 3.63) is 111 Å². The summed E-state index contributed by atoms with van der Waals surface area (Å²) in [6.07, 6.45) is 10.1. The molecule has 1 aliphatic heterocycles. The van der Waals surface area contributed by atoms with Crippen LogP contribution in [0.4, 0.5) is 0 Å². The van der Waals surface area contributed by atoms with E-state index in [1.807, 2.05) is 12.3 Å². The average molecular weight is 606 g/mol. The van der Waals surface area contributed by atoms with E-state index in [1.165, 1.54) is 39.0 Å². The third kappa shape index (κ3) is 5.73. The van der Waals surface area contributed by atoms with Gasteiger partial charge in [0, 0.05) is 16.6 Å². The van der Waals surface area contributed by atoms with Crippen LogP contribution in [0.1, 0.15) is 28.2 Å².